The second-order valence-electron chi connectivity index (χ2n) is 13.5. The maximum absolute atomic E-state index is 12.7. The van der Waals surface area contributed by atoms with E-state index in [1.54, 1.807) is 0 Å². The van der Waals surface area contributed by atoms with Crippen molar-refractivity contribution in [3.05, 3.63) is 0 Å². The summed E-state index contributed by atoms with van der Waals surface area (Å²) in [6.07, 6.45) is 33.9. The van der Waals surface area contributed by atoms with Crippen molar-refractivity contribution < 1.29 is 28.4 Å². The second kappa shape index (κ2) is 34.4. The Morgan fingerprint density at radius 1 is 0.630 bits per heavy atom. The Morgan fingerprint density at radius 3 is 1.39 bits per heavy atom. The summed E-state index contributed by atoms with van der Waals surface area (Å²) in [4.78, 5) is 22.6. The van der Waals surface area contributed by atoms with Gasteiger partial charge >= 0.3 is 7.82 Å². The molecule has 5 N–H and O–H groups in total. The van der Waals surface area contributed by atoms with E-state index in [2.05, 4.69) is 19.2 Å². The van der Waals surface area contributed by atoms with E-state index in [0.29, 0.717) is 12.8 Å². The monoisotopic (exact) mass is 677 g/mol. The average molecular weight is 677 g/mol. The minimum absolute atomic E-state index is 0.0922. The highest BCUT2D eigenvalue weighted by Gasteiger charge is 2.27. The van der Waals surface area contributed by atoms with Gasteiger partial charge in [0.1, 0.15) is 0 Å². The molecule has 0 aliphatic heterocycles. The molecular formula is C37H77N2O6P. The minimum atomic E-state index is -4.30. The lowest BCUT2D eigenvalue weighted by Crippen LogP contribution is -2.46. The van der Waals surface area contributed by atoms with Crippen LogP contribution in [0.2, 0.25) is 0 Å². The highest BCUT2D eigenvalue weighted by molar-refractivity contribution is 7.47. The van der Waals surface area contributed by atoms with Gasteiger partial charge in [-0.1, -0.05) is 181 Å². The van der Waals surface area contributed by atoms with Crippen LogP contribution in [0.3, 0.4) is 0 Å². The number of aliphatic hydroxyl groups is 1. The van der Waals surface area contributed by atoms with Crippen molar-refractivity contribution in [3.63, 3.8) is 0 Å². The molecule has 0 bridgehead atoms. The molecule has 0 aromatic rings. The van der Waals surface area contributed by atoms with Gasteiger partial charge in [-0.25, -0.2) is 4.57 Å². The first-order valence-corrected chi connectivity index (χ1v) is 21.1. The third-order valence-corrected chi connectivity index (χ3v) is 9.95. The molecule has 0 spiro atoms. The Labute approximate surface area is 284 Å². The number of phosphoric ester groups is 1. The van der Waals surface area contributed by atoms with E-state index in [1.807, 2.05) is 0 Å². The van der Waals surface area contributed by atoms with E-state index >= 15 is 0 Å². The molecule has 0 heterocycles. The molecule has 0 saturated heterocycles. The predicted molar refractivity (Wildman–Crippen MR) is 194 cm³/mol. The zero-order valence-corrected chi connectivity index (χ0v) is 31.2. The smallest absolute Gasteiger partial charge is 0.391 e. The Hall–Kier alpha value is -0.500. The highest BCUT2D eigenvalue weighted by Crippen LogP contribution is 2.43. The maximum Gasteiger partial charge on any atom is 0.472 e. The first kappa shape index (κ1) is 45.5. The minimum Gasteiger partial charge on any atom is -0.391 e. The summed E-state index contributed by atoms with van der Waals surface area (Å²) in [6.45, 7) is 4.21. The van der Waals surface area contributed by atoms with Crippen LogP contribution in [0.5, 0.6) is 0 Å². The van der Waals surface area contributed by atoms with E-state index in [0.717, 1.165) is 38.5 Å². The molecule has 3 atom stereocenters. The first-order chi connectivity index (χ1) is 22.4. The molecular weight excluding hydrogens is 599 g/mol. The van der Waals surface area contributed by atoms with Crippen molar-refractivity contribution in [1.29, 1.82) is 0 Å². The Morgan fingerprint density at radius 2 is 1.00 bits per heavy atom. The van der Waals surface area contributed by atoms with Crippen molar-refractivity contribution in [3.8, 4) is 0 Å². The molecule has 1 unspecified atom stereocenters. The van der Waals surface area contributed by atoms with E-state index in [-0.39, 0.29) is 25.7 Å². The van der Waals surface area contributed by atoms with Crippen LogP contribution in [0.25, 0.3) is 0 Å². The fraction of sp³-hybridized carbons (Fsp3) is 0.973. The lowest BCUT2D eigenvalue weighted by Gasteiger charge is -2.25. The second-order valence-corrected chi connectivity index (χ2v) is 15.0. The number of carbonyl (C=O) groups excluding carboxylic acids is 1. The van der Waals surface area contributed by atoms with Crippen LogP contribution < -0.4 is 11.1 Å². The van der Waals surface area contributed by atoms with Gasteiger partial charge in [0, 0.05) is 13.0 Å². The summed E-state index contributed by atoms with van der Waals surface area (Å²) < 4.78 is 22.1. The molecule has 0 fully saturated rings. The topological polar surface area (TPSA) is 131 Å². The highest BCUT2D eigenvalue weighted by atomic mass is 31.2. The van der Waals surface area contributed by atoms with E-state index in [1.165, 1.54) is 135 Å². The molecule has 9 heteroatoms. The maximum atomic E-state index is 12.7. The van der Waals surface area contributed by atoms with Crippen LogP contribution in [0.15, 0.2) is 0 Å². The van der Waals surface area contributed by atoms with Crippen LogP contribution in [0.1, 0.15) is 200 Å². The summed E-state index contributed by atoms with van der Waals surface area (Å²) in [7, 11) is -4.30. The number of nitrogens with two attached hydrogens (primary N) is 1. The standard InChI is InChI=1S/C37H77N2O6P/c1-3-5-7-9-11-13-15-17-18-19-21-23-25-27-29-31-37(41)39-35(34-45-46(42,43)44-33-32-38)36(40)30-28-26-24-22-20-16-14-12-10-8-6-4-2/h35-36,40H,3-34,38H2,1-2H3,(H,39,41)(H,42,43)/t35-,36+/m0/s1. The van der Waals surface area contributed by atoms with Crippen LogP contribution >= 0.6 is 7.82 Å². The molecule has 0 aromatic carbocycles. The van der Waals surface area contributed by atoms with Crippen LogP contribution in [-0.2, 0) is 18.4 Å². The summed E-state index contributed by atoms with van der Waals surface area (Å²) in [6, 6.07) is -0.765. The average Bonchev–Trinajstić information content (AvgIpc) is 3.04. The lowest BCUT2D eigenvalue weighted by atomic mass is 10.0. The third kappa shape index (κ3) is 32.1. The van der Waals surface area contributed by atoms with Gasteiger partial charge in [0.25, 0.3) is 0 Å². The number of hydrogen-bond donors (Lipinski definition) is 4. The Bertz CT molecular complexity index is 699. The van der Waals surface area contributed by atoms with E-state index in [9.17, 15) is 19.4 Å². The molecule has 0 rings (SSSR count). The Balaban J connectivity index is 4.19. The fourth-order valence-corrected chi connectivity index (χ4v) is 6.72. The lowest BCUT2D eigenvalue weighted by molar-refractivity contribution is -0.123. The van der Waals surface area contributed by atoms with Crippen LogP contribution in [-0.4, -0.2) is 47.8 Å². The predicted octanol–water partition coefficient (Wildman–Crippen LogP) is 10.3. The van der Waals surface area contributed by atoms with E-state index in [4.69, 9.17) is 14.8 Å². The quantitative estimate of drug-likeness (QED) is 0.0380. The molecule has 0 aliphatic carbocycles. The number of aliphatic hydroxyl groups excluding tert-OH is 1. The number of unbranched alkanes of at least 4 members (excludes halogenated alkanes) is 25. The summed E-state index contributed by atoms with van der Waals surface area (Å²) in [5.74, 6) is -0.160. The largest absolute Gasteiger partial charge is 0.472 e. The van der Waals surface area contributed by atoms with Crippen molar-refractivity contribution >= 4 is 13.7 Å². The van der Waals surface area contributed by atoms with Gasteiger partial charge < -0.3 is 21.1 Å². The van der Waals surface area contributed by atoms with Gasteiger partial charge in [0.2, 0.25) is 5.91 Å². The summed E-state index contributed by atoms with van der Waals surface area (Å²) >= 11 is 0. The number of hydrogen-bond acceptors (Lipinski definition) is 6. The number of carbonyl (C=O) groups is 1. The van der Waals surface area contributed by atoms with E-state index < -0.39 is 20.0 Å². The van der Waals surface area contributed by atoms with Crippen molar-refractivity contribution in [1.82, 2.24) is 5.32 Å². The molecule has 1 amide bonds. The van der Waals surface area contributed by atoms with Gasteiger partial charge in [0.15, 0.2) is 0 Å². The van der Waals surface area contributed by atoms with Gasteiger partial charge in [-0.05, 0) is 12.8 Å². The van der Waals surface area contributed by atoms with Crippen molar-refractivity contribution in [2.45, 2.75) is 212 Å². The molecule has 0 saturated carbocycles. The molecule has 0 aliphatic rings. The zero-order chi connectivity index (χ0) is 34.0. The van der Waals surface area contributed by atoms with Gasteiger partial charge in [-0.3, -0.25) is 13.8 Å². The molecule has 276 valence electrons. The number of nitrogens with one attached hydrogen (secondary N) is 1. The fourth-order valence-electron chi connectivity index (χ4n) is 5.96. The van der Waals surface area contributed by atoms with Crippen LogP contribution in [0, 0.1) is 0 Å². The Kier molecular flexibility index (Phi) is 34.0. The number of phosphoric acid groups is 1. The van der Waals surface area contributed by atoms with Crippen LogP contribution in [0.4, 0.5) is 0 Å². The van der Waals surface area contributed by atoms with Crippen molar-refractivity contribution in [2.75, 3.05) is 19.8 Å². The SMILES string of the molecule is CCCCCCCCCCCCCCCCCC(=O)N[C@@H](COP(=O)(O)OCCN)[C@H](O)CCCCCCCCCCCCCC. The normalized spacial score (nSPS) is 14.3. The third-order valence-electron chi connectivity index (χ3n) is 8.96. The van der Waals surface area contributed by atoms with Gasteiger partial charge in [-0.15, -0.1) is 0 Å². The van der Waals surface area contributed by atoms with Gasteiger partial charge in [-0.2, -0.15) is 0 Å². The number of amides is 1. The molecule has 0 radical (unpaired) electrons. The number of rotatable bonds is 37. The molecule has 46 heavy (non-hydrogen) atoms. The van der Waals surface area contributed by atoms with Crippen molar-refractivity contribution in [2.24, 2.45) is 5.73 Å². The van der Waals surface area contributed by atoms with Gasteiger partial charge in [0.05, 0.1) is 25.4 Å². The zero-order valence-electron chi connectivity index (χ0n) is 30.3. The summed E-state index contributed by atoms with van der Waals surface area (Å²) in [5.41, 5.74) is 5.36. The molecule has 0 aromatic heterocycles. The first-order valence-electron chi connectivity index (χ1n) is 19.7. The molecule has 8 nitrogen and oxygen atoms in total. The summed E-state index contributed by atoms with van der Waals surface area (Å²) in [5, 5.41) is 13.7.